The Labute approximate surface area is 168 Å². The van der Waals surface area contributed by atoms with Crippen molar-refractivity contribution in [3.05, 3.63) is 91.0 Å². The zero-order valence-electron chi connectivity index (χ0n) is 14.4. The van der Waals surface area contributed by atoms with E-state index in [9.17, 15) is 15.1 Å². The monoisotopic (exact) mass is 592 g/mol. The van der Waals surface area contributed by atoms with Crippen LogP contribution in [-0.4, -0.2) is 9.79 Å². The van der Waals surface area contributed by atoms with Crippen LogP contribution in [0.4, 0.5) is 0 Å². The average molecular weight is 592 g/mol. The van der Waals surface area contributed by atoms with Gasteiger partial charge in [0, 0.05) is 0 Å². The number of phosphoric acid groups is 1. The second-order valence-corrected chi connectivity index (χ2v) is 12.9. The summed E-state index contributed by atoms with van der Waals surface area (Å²) < 4.78 is 40.9. The predicted molar refractivity (Wildman–Crippen MR) is 96.0 cm³/mol. The van der Waals surface area contributed by atoms with Crippen molar-refractivity contribution >= 4 is 18.7 Å². The third-order valence-corrected chi connectivity index (χ3v) is 9.79. The molecule has 3 rings (SSSR count). The Bertz CT molecular complexity index is 916. The average Bonchev–Trinajstić information content (AvgIpc) is 2.62. The molecule has 0 spiro atoms. The summed E-state index contributed by atoms with van der Waals surface area (Å²) in [6.45, 7) is 0. The van der Waals surface area contributed by atoms with Gasteiger partial charge in [-0.25, -0.2) is 0 Å². The summed E-state index contributed by atoms with van der Waals surface area (Å²) in [5.41, 5.74) is 0. The summed E-state index contributed by atoms with van der Waals surface area (Å²) in [5.74, 6) is 0. The van der Waals surface area contributed by atoms with E-state index < -0.39 is 24.6 Å². The SMILES string of the molecule is O=P(O)(O)[O][W](=[O])(=[O])[O-].c1ccc([S+](c2ccccc2)c2ccccc2)cc1. The van der Waals surface area contributed by atoms with Gasteiger partial charge in [0.1, 0.15) is 0 Å². The van der Waals surface area contributed by atoms with Crippen molar-refractivity contribution in [2.45, 2.75) is 14.7 Å². The molecule has 0 aliphatic rings. The zero-order chi connectivity index (χ0) is 20.6. The van der Waals surface area contributed by atoms with Gasteiger partial charge < -0.3 is 0 Å². The summed E-state index contributed by atoms with van der Waals surface area (Å²) in [6, 6.07) is 32.2. The zero-order valence-corrected chi connectivity index (χ0v) is 19.0. The first-order chi connectivity index (χ1) is 13.2. The van der Waals surface area contributed by atoms with Crippen LogP contribution in [0.25, 0.3) is 0 Å². The first kappa shape index (κ1) is 22.7. The largest absolute Gasteiger partial charge is 0.166 e. The molecule has 28 heavy (non-hydrogen) atoms. The minimum atomic E-state index is -6.44. The smallest absolute Gasteiger partial charge is 0.0619 e. The topological polar surface area (TPSA) is 124 Å². The molecule has 0 aromatic heterocycles. The maximum absolute atomic E-state index is 9.57. The van der Waals surface area contributed by atoms with E-state index in [2.05, 4.69) is 94.2 Å². The quantitative estimate of drug-likeness (QED) is 0.345. The molecule has 7 nitrogen and oxygen atoms in total. The van der Waals surface area contributed by atoms with E-state index in [-0.39, 0.29) is 10.9 Å². The molecule has 0 saturated carbocycles. The number of hydrogen-bond donors (Lipinski definition) is 2. The van der Waals surface area contributed by atoms with Gasteiger partial charge in [-0.15, -0.1) is 0 Å². The van der Waals surface area contributed by atoms with Crippen LogP contribution in [0.15, 0.2) is 106 Å². The van der Waals surface area contributed by atoms with E-state index in [1.54, 1.807) is 0 Å². The van der Waals surface area contributed by atoms with Gasteiger partial charge in [-0.2, -0.15) is 0 Å². The Morgan fingerprint density at radius 3 is 1.18 bits per heavy atom. The summed E-state index contributed by atoms with van der Waals surface area (Å²) in [4.78, 5) is 19.5. The fourth-order valence-electron chi connectivity index (χ4n) is 2.20. The maximum atomic E-state index is 9.57. The third kappa shape index (κ3) is 8.17. The van der Waals surface area contributed by atoms with Gasteiger partial charge in [0.25, 0.3) is 0 Å². The minimum Gasteiger partial charge on any atom is -0.0619 e. The van der Waals surface area contributed by atoms with Gasteiger partial charge in [0.2, 0.25) is 0 Å². The second kappa shape index (κ2) is 10.2. The molecular formula is C18H17O7PSW. The standard InChI is InChI=1S/C18H15S.H3O4P.3O.W/c1-4-10-16(11-5-1)19(17-12-6-2-7-13-17)18-14-8-3-9-15-18;1-5(2,3)4;;;;/h1-15H;(H3,1,2,3,4);;;;/q+1;;;;-1;+1/p-1. The van der Waals surface area contributed by atoms with E-state index in [1.165, 1.54) is 14.7 Å². The van der Waals surface area contributed by atoms with E-state index in [1.807, 2.05) is 0 Å². The first-order valence-electron chi connectivity index (χ1n) is 7.78. The molecule has 0 amide bonds. The molecular weight excluding hydrogens is 575 g/mol. The van der Waals surface area contributed by atoms with Crippen LogP contribution in [0.3, 0.4) is 0 Å². The number of benzene rings is 3. The molecule has 0 aliphatic carbocycles. The summed E-state index contributed by atoms with van der Waals surface area (Å²) in [5, 5.41) is 0. The van der Waals surface area contributed by atoms with Crippen LogP contribution in [-0.2, 0) is 42.2 Å². The van der Waals surface area contributed by atoms with Crippen LogP contribution >= 0.6 is 7.82 Å². The predicted octanol–water partition coefficient (Wildman–Crippen LogP) is 2.91. The number of hydrogen-bond acceptors (Lipinski definition) is 5. The van der Waals surface area contributed by atoms with Crippen LogP contribution < -0.4 is 3.76 Å². The molecule has 10 heteroatoms. The molecule has 148 valence electrons. The van der Waals surface area contributed by atoms with Crippen molar-refractivity contribution in [1.82, 2.24) is 0 Å². The fourth-order valence-corrected chi connectivity index (χ4v) is 7.10. The Kier molecular flexibility index (Phi) is 8.28. The van der Waals surface area contributed by atoms with Crippen molar-refractivity contribution < 1.29 is 44.8 Å². The Morgan fingerprint density at radius 1 is 0.714 bits per heavy atom. The van der Waals surface area contributed by atoms with E-state index >= 15 is 0 Å². The van der Waals surface area contributed by atoms with Crippen LogP contribution in [0.2, 0.25) is 0 Å². The van der Waals surface area contributed by atoms with E-state index in [4.69, 9.17) is 9.79 Å². The van der Waals surface area contributed by atoms with Crippen LogP contribution in [0.5, 0.6) is 0 Å². The van der Waals surface area contributed by atoms with E-state index in [0.29, 0.717) is 0 Å². The van der Waals surface area contributed by atoms with Crippen LogP contribution in [0, 0.1) is 0 Å². The van der Waals surface area contributed by atoms with Gasteiger partial charge in [-0.05, 0) is 36.4 Å². The number of rotatable bonds is 5. The second-order valence-electron chi connectivity index (χ2n) is 5.22. The minimum absolute atomic E-state index is 0.0146. The van der Waals surface area contributed by atoms with Gasteiger partial charge in [0.05, 0.1) is 10.9 Å². The summed E-state index contributed by atoms with van der Waals surface area (Å²) in [6.07, 6.45) is 0. The molecule has 0 fully saturated rings. The molecule has 0 radical (unpaired) electrons. The maximum Gasteiger partial charge on any atom is 0.166 e. The summed E-state index contributed by atoms with van der Waals surface area (Å²) in [7, 11) is -5.15. The Morgan fingerprint density at radius 2 is 1.00 bits per heavy atom. The molecule has 0 bridgehead atoms. The molecule has 0 heterocycles. The molecule has 0 saturated heterocycles. The molecule has 0 aliphatic heterocycles. The van der Waals surface area contributed by atoms with E-state index in [0.717, 1.165) is 0 Å². The molecule has 3 aromatic rings. The van der Waals surface area contributed by atoms with Crippen molar-refractivity contribution in [3.63, 3.8) is 0 Å². The fraction of sp³-hybridized carbons (Fsp3) is 0. The van der Waals surface area contributed by atoms with Crippen molar-refractivity contribution in [2.75, 3.05) is 0 Å². The summed E-state index contributed by atoms with van der Waals surface area (Å²) >= 11 is -6.44. The Hall–Kier alpha value is -1.63. The molecule has 0 unspecified atom stereocenters. The van der Waals surface area contributed by atoms with Gasteiger partial charge >= 0.3 is 52.7 Å². The van der Waals surface area contributed by atoms with Crippen molar-refractivity contribution in [2.24, 2.45) is 0 Å². The van der Waals surface area contributed by atoms with Gasteiger partial charge in [-0.1, -0.05) is 54.6 Å². The molecule has 3 aromatic carbocycles. The third-order valence-electron chi connectivity index (χ3n) is 3.13. The van der Waals surface area contributed by atoms with Crippen molar-refractivity contribution in [1.29, 1.82) is 0 Å². The van der Waals surface area contributed by atoms with Crippen LogP contribution in [0.1, 0.15) is 0 Å². The first-order valence-corrected chi connectivity index (χ1v) is 15.3. The molecule has 2 N–H and O–H groups in total. The van der Waals surface area contributed by atoms with Gasteiger partial charge in [-0.3, -0.25) is 0 Å². The normalized spacial score (nSPS) is 11.6. The molecule has 0 atom stereocenters. The Balaban J connectivity index is 0.000000266. The van der Waals surface area contributed by atoms with Gasteiger partial charge in [0.15, 0.2) is 14.7 Å². The van der Waals surface area contributed by atoms with Crippen molar-refractivity contribution in [3.8, 4) is 0 Å².